The van der Waals surface area contributed by atoms with Crippen LogP contribution in [-0.2, 0) is 126 Å². The van der Waals surface area contributed by atoms with Gasteiger partial charge in [-0.3, -0.25) is 9.79 Å². The second-order valence-electron chi connectivity index (χ2n) is 30.9. The van der Waals surface area contributed by atoms with Gasteiger partial charge in [-0.15, -0.1) is 0 Å². The second kappa shape index (κ2) is 53.0. The lowest BCUT2D eigenvalue weighted by Gasteiger charge is -2.54. The number of quaternary nitrogens is 1. The fraction of sp³-hybridized carbons (Fsp3) is 0.414. The Morgan fingerprint density at radius 1 is 0.460 bits per heavy atom. The number of alkyl carbamates (subject to hydrolysis) is 1. The van der Waals surface area contributed by atoms with E-state index in [0.717, 1.165) is 69.5 Å². The maximum atomic E-state index is 16.8. The quantitative estimate of drug-likeness (QED) is 0.00692. The van der Waals surface area contributed by atoms with Crippen LogP contribution in [0.2, 0.25) is 0 Å². The van der Waals surface area contributed by atoms with Crippen LogP contribution < -0.4 is 28.8 Å². The van der Waals surface area contributed by atoms with Crippen LogP contribution >= 0.6 is 0 Å². The average Bonchev–Trinajstić information content (AvgIpc) is 0.740. The number of amides is 1. The monoisotopic (exact) mass is 1730 g/mol. The van der Waals surface area contributed by atoms with Gasteiger partial charge in [-0.2, -0.15) is 17.6 Å². The summed E-state index contributed by atoms with van der Waals surface area (Å²) in [5.74, 6) is -8.97. The topological polar surface area (TPSA) is 246 Å². The highest BCUT2D eigenvalue weighted by Crippen LogP contribution is 2.49. The number of aliphatic hydroxyl groups excluding tert-OH is 1. The number of carbonyl (C=O) groups is 3. The van der Waals surface area contributed by atoms with Gasteiger partial charge < -0.3 is 90.7 Å². The zero-order valence-corrected chi connectivity index (χ0v) is 72.4. The molecule has 11 rings (SSSR count). The number of rotatable bonds is 45. The number of aliphatic hydroxyl groups is 1. The maximum Gasteiger partial charge on any atom is 0.408 e. The highest BCUT2D eigenvalue weighted by Gasteiger charge is 2.68. The molecular weight excluding hydrogens is 1610 g/mol. The van der Waals surface area contributed by atoms with Crippen molar-refractivity contribution < 1.29 is 112 Å². The summed E-state index contributed by atoms with van der Waals surface area (Å²) in [7, 11) is 1.70. The molecular formula is C99H121ClF4N4O16. The first kappa shape index (κ1) is 99.8. The number of unbranched alkanes of at least 4 members (excludes halogenated alkanes) is 2. The number of nitrogens with zero attached hydrogens (tertiary/aromatic N) is 1. The summed E-state index contributed by atoms with van der Waals surface area (Å²) in [5.41, 5.74) is 7.39. The Bertz CT molecular complexity index is 4450. The highest BCUT2D eigenvalue weighted by atomic mass is 35.5. The first-order valence-corrected chi connectivity index (χ1v) is 42.3. The number of aliphatic imine (C=N–C) groups is 1. The van der Waals surface area contributed by atoms with Crippen LogP contribution in [0.3, 0.4) is 0 Å². The maximum absolute atomic E-state index is 16.8. The molecule has 2 heterocycles. The Balaban J connectivity index is 0.000000244. The number of nitrogens with one attached hydrogen (secondary N) is 2. The molecule has 668 valence electrons. The number of alkyl halides is 4. The van der Waals surface area contributed by atoms with E-state index in [4.69, 9.17) is 56.8 Å². The van der Waals surface area contributed by atoms with Crippen LogP contribution in [-0.4, -0.2) is 147 Å². The summed E-state index contributed by atoms with van der Waals surface area (Å²) in [4.78, 5) is 41.4. The number of carbonyl (C=O) groups excluding carboxylic acids is 3. The van der Waals surface area contributed by atoms with Crippen molar-refractivity contribution in [2.24, 2.45) is 16.8 Å². The standard InChI is InChI=1S/C45H54F2N2O6.C33H40F2O6.C21H26N2O4.ClH/c1-34-40(32-51-28-35-18-8-4-9-19-35)55-44(2,42(53-30-37-22-12-6-13-23-37)41(34)52-29-36-20-10-5-11-21-36)45(46,47)33-49-27-17-16-26-39(48-3)43(50)54-31-38-24-14-7-15-25-38;1-4-38-31(36)33(34,35)32(3)30(40-22-27-18-12-7-13-19-27)29(39-21-26-16-10-6-11-17-26)24(2)28(41-32)23-37-20-25-14-8-5-9-15-25;22-14-8-7-13-19(20(24)26-15-17-9-3-1-4-10-17)23-21(25)27-16-18-11-5-2-6-12-18;/h4-15,18-25,33-34,39-42,48H,16-17,26-32H2,1-3H3;5-19,24,28-31,36H,4,20-23H2,1-3H3;1-6,9-12,19H,7-8,13-16,22H2,(H,23,25);1H/t34-,39-,40+,41-,42+,44+;24-,28+,29-,30+,31?,32+;19-;/m000./s1. The van der Waals surface area contributed by atoms with Gasteiger partial charge in [0.25, 0.3) is 0 Å². The third kappa shape index (κ3) is 31.2. The number of halogens is 5. The number of likely N-dealkylation sites (N-methyl/N-ethyl adjacent to an activating group) is 1. The molecule has 13 atom stereocenters. The predicted molar refractivity (Wildman–Crippen MR) is 462 cm³/mol. The summed E-state index contributed by atoms with van der Waals surface area (Å²) in [6.45, 7) is 10.6. The van der Waals surface area contributed by atoms with Gasteiger partial charge in [0.1, 0.15) is 44.1 Å². The van der Waals surface area contributed by atoms with Gasteiger partial charge in [0.15, 0.2) is 11.2 Å². The fourth-order valence-electron chi connectivity index (χ4n) is 14.3. The Morgan fingerprint density at radius 3 is 1.14 bits per heavy atom. The SMILES string of the molecule is CCOC(O)C(F)(F)[C@]1(C)O[C@H](COCc2ccccc2)[C@H](C)[C@H](OCc2ccccc2)[C@H]1OCc1ccccc1.CN[C@@H](CCCCN=CC(F)(F)[C@]1(C)O[C@H](COCc2ccccc2)[C@H](C)[C@H](OCc2ccccc2)[C@H]1OCc1ccccc1)C(=O)OCc1ccccc1.[Cl-].[NH3+]CCCC[C@H](NC(=O)OCc1ccccc1)C(=O)OCc1ccccc1. The Labute approximate surface area is 733 Å². The molecule has 124 heavy (non-hydrogen) atoms. The minimum Gasteiger partial charge on any atom is -1.00 e. The number of esters is 2. The van der Waals surface area contributed by atoms with Gasteiger partial charge in [0, 0.05) is 25.0 Å². The molecule has 0 saturated carbocycles. The number of hydrogen-bond acceptors (Lipinski definition) is 18. The molecule has 0 bridgehead atoms. The van der Waals surface area contributed by atoms with Crippen LogP contribution in [0.1, 0.15) is 123 Å². The summed E-state index contributed by atoms with van der Waals surface area (Å²) < 4.78 is 137. The van der Waals surface area contributed by atoms with Crippen LogP contribution in [0, 0.1) is 11.8 Å². The van der Waals surface area contributed by atoms with Crippen LogP contribution in [0.15, 0.2) is 278 Å². The molecule has 20 nitrogen and oxygen atoms in total. The Kier molecular flexibility index (Phi) is 42.7. The van der Waals surface area contributed by atoms with Crippen LogP contribution in [0.5, 0.6) is 0 Å². The molecule has 0 aliphatic carbocycles. The fourth-order valence-corrected chi connectivity index (χ4v) is 14.3. The van der Waals surface area contributed by atoms with Gasteiger partial charge in [0.05, 0.1) is 90.0 Å². The van der Waals surface area contributed by atoms with Crippen molar-refractivity contribution in [1.29, 1.82) is 0 Å². The highest BCUT2D eigenvalue weighted by molar-refractivity contribution is 5.81. The van der Waals surface area contributed by atoms with Crippen LogP contribution in [0.25, 0.3) is 0 Å². The van der Waals surface area contributed by atoms with E-state index < -0.39 is 90.1 Å². The zero-order valence-electron chi connectivity index (χ0n) is 71.7. The molecule has 0 radical (unpaired) electrons. The molecule has 9 aromatic carbocycles. The summed E-state index contributed by atoms with van der Waals surface area (Å²) in [6, 6.07) is 84.2. The second-order valence-corrected chi connectivity index (χ2v) is 30.9. The molecule has 2 saturated heterocycles. The molecule has 9 aromatic rings. The molecule has 1 amide bonds. The lowest BCUT2D eigenvalue weighted by atomic mass is 9.77. The molecule has 25 heteroatoms. The largest absolute Gasteiger partial charge is 1.00 e. The van der Waals surface area contributed by atoms with E-state index in [9.17, 15) is 19.5 Å². The minimum absolute atomic E-state index is 0. The third-order valence-corrected chi connectivity index (χ3v) is 21.7. The Hall–Kier alpha value is -9.61. The molecule has 1 unspecified atom stereocenters. The normalized spacial score (nSPS) is 20.7. The lowest BCUT2D eigenvalue weighted by molar-refractivity contribution is -0.374. The number of hydrogen-bond donors (Lipinski definition) is 4. The number of benzene rings is 9. The van der Waals surface area contributed by atoms with E-state index in [1.807, 2.05) is 287 Å². The van der Waals surface area contributed by atoms with Gasteiger partial charge >= 0.3 is 29.9 Å². The van der Waals surface area contributed by atoms with Crippen molar-refractivity contribution in [3.8, 4) is 0 Å². The zero-order chi connectivity index (χ0) is 87.6. The van der Waals surface area contributed by atoms with Gasteiger partial charge in [0.2, 0.25) is 6.29 Å². The van der Waals surface area contributed by atoms with E-state index in [1.165, 1.54) is 13.8 Å². The predicted octanol–water partition coefficient (Wildman–Crippen LogP) is 14.0. The van der Waals surface area contributed by atoms with Gasteiger partial charge in [-0.05, 0) is 116 Å². The smallest absolute Gasteiger partial charge is 0.408 e. The lowest BCUT2D eigenvalue weighted by Crippen LogP contribution is -3.00. The molecule has 6 N–H and O–H groups in total. The number of ether oxygens (including phenoxy) is 12. The van der Waals surface area contributed by atoms with Crippen molar-refractivity contribution in [3.63, 3.8) is 0 Å². The van der Waals surface area contributed by atoms with E-state index >= 15 is 17.6 Å². The van der Waals surface area contributed by atoms with E-state index in [0.29, 0.717) is 45.1 Å². The first-order valence-electron chi connectivity index (χ1n) is 42.3. The first-order chi connectivity index (χ1) is 59.6. The van der Waals surface area contributed by atoms with E-state index in [-0.39, 0.29) is 103 Å². The summed E-state index contributed by atoms with van der Waals surface area (Å²) in [6.07, 6.45) is -4.16. The van der Waals surface area contributed by atoms with Gasteiger partial charge in [-0.1, -0.05) is 287 Å². The van der Waals surface area contributed by atoms with E-state index in [1.54, 1.807) is 14.0 Å². The van der Waals surface area contributed by atoms with Crippen molar-refractivity contribution in [3.05, 3.63) is 323 Å². The van der Waals surface area contributed by atoms with Crippen molar-refractivity contribution in [1.82, 2.24) is 10.6 Å². The molecule has 0 spiro atoms. The Morgan fingerprint density at radius 2 is 0.774 bits per heavy atom. The average molecular weight is 1730 g/mol. The van der Waals surface area contributed by atoms with Crippen molar-refractivity contribution >= 4 is 24.2 Å². The summed E-state index contributed by atoms with van der Waals surface area (Å²) >= 11 is 0. The summed E-state index contributed by atoms with van der Waals surface area (Å²) in [5, 5.41) is 16.1. The van der Waals surface area contributed by atoms with Crippen LogP contribution in [0.4, 0.5) is 22.4 Å². The minimum atomic E-state index is -3.85. The van der Waals surface area contributed by atoms with Gasteiger partial charge in [-0.25, -0.2) is 9.59 Å². The molecule has 2 aliphatic heterocycles. The molecule has 0 aromatic heterocycles. The van der Waals surface area contributed by atoms with E-state index in [2.05, 4.69) is 21.4 Å². The molecule has 2 fully saturated rings. The van der Waals surface area contributed by atoms with Crippen molar-refractivity contribution in [2.45, 2.75) is 211 Å². The molecule has 2 aliphatic rings. The third-order valence-electron chi connectivity index (χ3n) is 21.7. The van der Waals surface area contributed by atoms with Crippen molar-refractivity contribution in [2.75, 3.05) is 40.0 Å².